The molecule has 0 unspecified atom stereocenters. The second-order valence-corrected chi connectivity index (χ2v) is 6.51. The molecule has 1 aliphatic heterocycles. The molecule has 5 heteroatoms. The number of aromatic nitrogens is 2. The molecular weight excluding hydrogens is 290 g/mol. The molecule has 120 valence electrons. The predicted molar refractivity (Wildman–Crippen MR) is 86.7 cm³/mol. The molecule has 1 aliphatic carbocycles. The van der Waals surface area contributed by atoms with E-state index in [1.807, 2.05) is 32.2 Å². The summed E-state index contributed by atoms with van der Waals surface area (Å²) in [5.74, 6) is 0.919. The van der Waals surface area contributed by atoms with Gasteiger partial charge in [-0.1, -0.05) is 18.2 Å². The molecule has 0 saturated carbocycles. The smallest absolute Gasteiger partial charge is 0.274 e. The Bertz CT molecular complexity index is 727. The van der Waals surface area contributed by atoms with Crippen LogP contribution in [0.25, 0.3) is 0 Å². The van der Waals surface area contributed by atoms with E-state index < -0.39 is 0 Å². The highest BCUT2D eigenvalue weighted by Crippen LogP contribution is 2.31. The van der Waals surface area contributed by atoms with Crippen LogP contribution in [-0.2, 0) is 19.3 Å². The van der Waals surface area contributed by atoms with E-state index >= 15 is 0 Å². The lowest BCUT2D eigenvalue weighted by Crippen LogP contribution is -2.45. The van der Waals surface area contributed by atoms with E-state index in [0.29, 0.717) is 5.69 Å². The summed E-state index contributed by atoms with van der Waals surface area (Å²) in [4.78, 5) is 14.6. The van der Waals surface area contributed by atoms with Gasteiger partial charge in [-0.2, -0.15) is 5.10 Å². The van der Waals surface area contributed by atoms with Crippen LogP contribution in [0, 0.1) is 0 Å². The molecule has 2 atom stereocenters. The van der Waals surface area contributed by atoms with E-state index in [1.165, 1.54) is 5.56 Å². The van der Waals surface area contributed by atoms with Crippen molar-refractivity contribution in [2.75, 3.05) is 7.05 Å². The maximum absolute atomic E-state index is 12.8. The Morgan fingerprint density at radius 2 is 2.22 bits per heavy atom. The lowest BCUT2D eigenvalue weighted by Gasteiger charge is -2.29. The van der Waals surface area contributed by atoms with Crippen LogP contribution in [0.5, 0.6) is 5.75 Å². The number of carbonyl (C=O) groups is 1. The number of benzene rings is 1. The standard InChI is InChI=1S/C18H21N3O2/c1-11(16-10-12-6-3-4-9-15(12)23-16)21(2)18(22)17-13-7-5-8-14(13)19-20-17/h3-4,6,9,11,16H,5,7-8,10H2,1-2H3,(H,19,20)/t11-,16-/m1/s1. The number of likely N-dealkylation sites (N-methyl/N-ethyl adjacent to an activating group) is 1. The molecule has 2 aliphatic rings. The number of rotatable bonds is 3. The van der Waals surface area contributed by atoms with Gasteiger partial charge in [0.25, 0.3) is 5.91 Å². The molecule has 1 aromatic heterocycles. The van der Waals surface area contributed by atoms with Gasteiger partial charge in [-0.25, -0.2) is 0 Å². The molecule has 4 rings (SSSR count). The predicted octanol–water partition coefficient (Wildman–Crippen LogP) is 2.36. The number of hydrogen-bond donors (Lipinski definition) is 1. The molecule has 5 nitrogen and oxygen atoms in total. The Kier molecular flexibility index (Phi) is 3.36. The first-order chi connectivity index (χ1) is 11.1. The molecule has 2 aromatic rings. The van der Waals surface area contributed by atoms with Crippen molar-refractivity contribution in [3.63, 3.8) is 0 Å². The summed E-state index contributed by atoms with van der Waals surface area (Å²) in [7, 11) is 1.84. The van der Waals surface area contributed by atoms with Gasteiger partial charge in [-0.3, -0.25) is 9.89 Å². The Morgan fingerprint density at radius 1 is 1.39 bits per heavy atom. The average Bonchev–Trinajstić information content (AvgIpc) is 3.26. The number of H-pyrrole nitrogens is 1. The maximum Gasteiger partial charge on any atom is 0.274 e. The summed E-state index contributed by atoms with van der Waals surface area (Å²) in [6.07, 6.45) is 3.88. The number of hydrogen-bond acceptors (Lipinski definition) is 3. The van der Waals surface area contributed by atoms with E-state index in [9.17, 15) is 4.79 Å². The maximum atomic E-state index is 12.8. The molecule has 0 radical (unpaired) electrons. The molecule has 2 heterocycles. The van der Waals surface area contributed by atoms with Gasteiger partial charge < -0.3 is 9.64 Å². The van der Waals surface area contributed by atoms with Crippen molar-refractivity contribution >= 4 is 5.91 Å². The van der Waals surface area contributed by atoms with Gasteiger partial charge in [0.2, 0.25) is 0 Å². The van der Waals surface area contributed by atoms with E-state index in [1.54, 1.807) is 4.90 Å². The van der Waals surface area contributed by atoms with Crippen molar-refractivity contribution in [3.8, 4) is 5.75 Å². The van der Waals surface area contributed by atoms with Crippen LogP contribution >= 0.6 is 0 Å². The molecule has 23 heavy (non-hydrogen) atoms. The van der Waals surface area contributed by atoms with Crippen LogP contribution in [0.15, 0.2) is 24.3 Å². The number of aromatic amines is 1. The Balaban J connectivity index is 1.50. The summed E-state index contributed by atoms with van der Waals surface area (Å²) in [6, 6.07) is 8.07. The van der Waals surface area contributed by atoms with Gasteiger partial charge in [0.15, 0.2) is 5.69 Å². The van der Waals surface area contributed by atoms with E-state index in [0.717, 1.165) is 42.7 Å². The van der Waals surface area contributed by atoms with Crippen LogP contribution < -0.4 is 4.74 Å². The van der Waals surface area contributed by atoms with Crippen molar-refractivity contribution in [2.24, 2.45) is 0 Å². The number of carbonyl (C=O) groups excluding carboxylic acids is 1. The van der Waals surface area contributed by atoms with Crippen LogP contribution in [-0.4, -0.2) is 40.2 Å². The largest absolute Gasteiger partial charge is 0.488 e. The van der Waals surface area contributed by atoms with Gasteiger partial charge >= 0.3 is 0 Å². The van der Waals surface area contributed by atoms with Gasteiger partial charge in [-0.15, -0.1) is 0 Å². The van der Waals surface area contributed by atoms with Gasteiger partial charge in [0.05, 0.1) is 6.04 Å². The third-order valence-electron chi connectivity index (χ3n) is 5.15. The van der Waals surface area contributed by atoms with E-state index in [4.69, 9.17) is 4.74 Å². The monoisotopic (exact) mass is 311 g/mol. The Morgan fingerprint density at radius 3 is 3.04 bits per heavy atom. The van der Waals surface area contributed by atoms with Crippen molar-refractivity contribution in [3.05, 3.63) is 46.8 Å². The SMILES string of the molecule is C[C@H]([C@H]1Cc2ccccc2O1)N(C)C(=O)c1n[nH]c2c1CCC2. The summed E-state index contributed by atoms with van der Waals surface area (Å²) in [5.41, 5.74) is 4.02. The first kappa shape index (κ1) is 14.3. The molecule has 1 aromatic carbocycles. The quantitative estimate of drug-likeness (QED) is 0.946. The minimum Gasteiger partial charge on any atom is -0.488 e. The number of para-hydroxylation sites is 1. The summed E-state index contributed by atoms with van der Waals surface area (Å²) >= 11 is 0. The fourth-order valence-electron chi connectivity index (χ4n) is 3.58. The van der Waals surface area contributed by atoms with Crippen molar-refractivity contribution < 1.29 is 9.53 Å². The normalized spacial score (nSPS) is 19.8. The lowest BCUT2D eigenvalue weighted by molar-refractivity contribution is 0.0591. The van der Waals surface area contributed by atoms with Gasteiger partial charge in [-0.05, 0) is 37.8 Å². The fraction of sp³-hybridized carbons (Fsp3) is 0.444. The van der Waals surface area contributed by atoms with E-state index in [-0.39, 0.29) is 18.1 Å². The van der Waals surface area contributed by atoms with Crippen LogP contribution in [0.1, 0.15) is 40.7 Å². The molecule has 0 spiro atoms. The Hall–Kier alpha value is -2.30. The second kappa shape index (κ2) is 5.41. The highest BCUT2D eigenvalue weighted by atomic mass is 16.5. The van der Waals surface area contributed by atoms with Crippen LogP contribution in [0.2, 0.25) is 0 Å². The molecule has 1 amide bonds. The number of fused-ring (bicyclic) bond motifs is 2. The van der Waals surface area contributed by atoms with Gasteiger partial charge in [0.1, 0.15) is 11.9 Å². The van der Waals surface area contributed by atoms with Crippen molar-refractivity contribution in [1.29, 1.82) is 0 Å². The number of nitrogens with zero attached hydrogens (tertiary/aromatic N) is 2. The zero-order valence-electron chi connectivity index (χ0n) is 13.5. The Labute approximate surface area is 135 Å². The first-order valence-corrected chi connectivity index (χ1v) is 8.23. The van der Waals surface area contributed by atoms with Gasteiger partial charge in [0, 0.05) is 24.7 Å². The summed E-state index contributed by atoms with van der Waals surface area (Å²) in [5, 5.41) is 7.27. The van der Waals surface area contributed by atoms with Crippen molar-refractivity contribution in [2.45, 2.75) is 44.8 Å². The number of amides is 1. The minimum absolute atomic E-state index is 0.00617. The summed E-state index contributed by atoms with van der Waals surface area (Å²) < 4.78 is 6.03. The molecule has 0 fully saturated rings. The molecule has 0 saturated heterocycles. The number of nitrogens with one attached hydrogen (secondary N) is 1. The molecular formula is C18H21N3O2. The van der Waals surface area contributed by atoms with E-state index in [2.05, 4.69) is 16.3 Å². The fourth-order valence-corrected chi connectivity index (χ4v) is 3.58. The number of aryl methyl sites for hydroxylation is 1. The van der Waals surface area contributed by atoms with Crippen molar-refractivity contribution in [1.82, 2.24) is 15.1 Å². The third kappa shape index (κ3) is 2.31. The topological polar surface area (TPSA) is 58.2 Å². The first-order valence-electron chi connectivity index (χ1n) is 8.23. The molecule has 0 bridgehead atoms. The van der Waals surface area contributed by atoms with Crippen LogP contribution in [0.3, 0.4) is 0 Å². The second-order valence-electron chi connectivity index (χ2n) is 6.51. The summed E-state index contributed by atoms with van der Waals surface area (Å²) in [6.45, 7) is 2.04. The third-order valence-corrected chi connectivity index (χ3v) is 5.15. The highest BCUT2D eigenvalue weighted by molar-refractivity contribution is 5.94. The molecule has 1 N–H and O–H groups in total. The average molecular weight is 311 g/mol. The zero-order chi connectivity index (χ0) is 16.0. The minimum atomic E-state index is -0.0172. The van der Waals surface area contributed by atoms with Crippen LogP contribution in [0.4, 0.5) is 0 Å². The number of ether oxygens (including phenoxy) is 1. The lowest BCUT2D eigenvalue weighted by atomic mass is 10.0. The zero-order valence-corrected chi connectivity index (χ0v) is 13.5. The highest BCUT2D eigenvalue weighted by Gasteiger charge is 2.34.